The summed E-state index contributed by atoms with van der Waals surface area (Å²) in [6, 6.07) is 6.59. The standard InChI is InChI=1S/C24H23F6N3O4S/c25-23(26,27)17-13-18(24(28,29)30)15-20(14-17)38(36,37)32-11-9-31(10-12-32)22(35)16-4-6-19(7-5-16)33-8-2-1-3-21(33)34/h4-7,13-15H,1-3,8-12H2. The van der Waals surface area contributed by atoms with Crippen molar-refractivity contribution in [1.82, 2.24) is 9.21 Å². The molecule has 0 N–H and O–H groups in total. The number of carbonyl (C=O) groups excluding carboxylic acids is 2. The second-order valence-electron chi connectivity index (χ2n) is 8.99. The minimum Gasteiger partial charge on any atom is -0.336 e. The largest absolute Gasteiger partial charge is 0.416 e. The molecule has 7 nitrogen and oxygen atoms in total. The minimum atomic E-state index is -5.19. The van der Waals surface area contributed by atoms with Gasteiger partial charge in [0.15, 0.2) is 0 Å². The Morgan fingerprint density at radius 1 is 0.763 bits per heavy atom. The van der Waals surface area contributed by atoms with Gasteiger partial charge in [-0.1, -0.05) is 0 Å². The third-order valence-electron chi connectivity index (χ3n) is 6.47. The molecule has 2 fully saturated rings. The summed E-state index contributed by atoms with van der Waals surface area (Å²) in [6.45, 7) is -0.276. The van der Waals surface area contributed by atoms with Crippen LogP contribution in [-0.2, 0) is 27.2 Å². The molecule has 0 aliphatic carbocycles. The third-order valence-corrected chi connectivity index (χ3v) is 8.35. The minimum absolute atomic E-state index is 0.00391. The maximum absolute atomic E-state index is 13.2. The van der Waals surface area contributed by atoms with Gasteiger partial charge in [-0.3, -0.25) is 9.59 Å². The number of benzene rings is 2. The molecule has 0 bridgehead atoms. The van der Waals surface area contributed by atoms with Crippen molar-refractivity contribution >= 4 is 27.5 Å². The summed E-state index contributed by atoms with van der Waals surface area (Å²) < 4.78 is 106. The maximum atomic E-state index is 13.2. The molecule has 0 atom stereocenters. The van der Waals surface area contributed by atoms with Crippen molar-refractivity contribution in [2.24, 2.45) is 0 Å². The van der Waals surface area contributed by atoms with Crippen molar-refractivity contribution < 1.29 is 44.3 Å². The van der Waals surface area contributed by atoms with Crippen LogP contribution in [0, 0.1) is 0 Å². The molecule has 2 aliphatic rings. The molecule has 2 saturated heterocycles. The fourth-order valence-electron chi connectivity index (χ4n) is 4.40. The Morgan fingerprint density at radius 2 is 1.32 bits per heavy atom. The van der Waals surface area contributed by atoms with Gasteiger partial charge >= 0.3 is 12.4 Å². The first kappa shape index (κ1) is 27.9. The molecule has 2 aliphatic heterocycles. The molecule has 0 unspecified atom stereocenters. The van der Waals surface area contributed by atoms with Crippen LogP contribution in [0.1, 0.15) is 40.7 Å². The lowest BCUT2D eigenvalue weighted by Gasteiger charge is -2.34. The topological polar surface area (TPSA) is 78.0 Å². The van der Waals surface area contributed by atoms with Crippen molar-refractivity contribution in [3.63, 3.8) is 0 Å². The molecule has 0 aromatic heterocycles. The van der Waals surface area contributed by atoms with E-state index in [4.69, 9.17) is 0 Å². The van der Waals surface area contributed by atoms with Gasteiger partial charge in [-0.2, -0.15) is 30.6 Å². The Morgan fingerprint density at radius 3 is 1.82 bits per heavy atom. The summed E-state index contributed by atoms with van der Waals surface area (Å²) in [5.74, 6) is -0.423. The predicted molar refractivity (Wildman–Crippen MR) is 124 cm³/mol. The van der Waals surface area contributed by atoms with Crippen molar-refractivity contribution in [3.05, 3.63) is 59.2 Å². The number of piperazine rings is 1. The van der Waals surface area contributed by atoms with E-state index in [0.717, 1.165) is 17.1 Å². The summed E-state index contributed by atoms with van der Waals surface area (Å²) >= 11 is 0. The quantitative estimate of drug-likeness (QED) is 0.518. The lowest BCUT2D eigenvalue weighted by Crippen LogP contribution is -2.50. The molecular weight excluding hydrogens is 540 g/mol. The Labute approximate surface area is 214 Å². The van der Waals surface area contributed by atoms with E-state index in [1.165, 1.54) is 4.90 Å². The van der Waals surface area contributed by atoms with Crippen LogP contribution in [0.25, 0.3) is 0 Å². The molecule has 0 spiro atoms. The maximum Gasteiger partial charge on any atom is 0.416 e. The summed E-state index contributed by atoms with van der Waals surface area (Å²) in [7, 11) is -4.71. The van der Waals surface area contributed by atoms with Gasteiger partial charge in [-0.15, -0.1) is 0 Å². The Balaban J connectivity index is 1.47. The number of alkyl halides is 6. The monoisotopic (exact) mass is 563 g/mol. The normalized spacial score (nSPS) is 18.1. The average Bonchev–Trinajstić information content (AvgIpc) is 2.87. The molecule has 2 aromatic rings. The van der Waals surface area contributed by atoms with Crippen LogP contribution in [0.3, 0.4) is 0 Å². The fourth-order valence-corrected chi connectivity index (χ4v) is 5.90. The van der Waals surface area contributed by atoms with Crippen molar-refractivity contribution in [1.29, 1.82) is 0 Å². The fraction of sp³-hybridized carbons (Fsp3) is 0.417. The number of amides is 2. The van der Waals surface area contributed by atoms with Crippen molar-refractivity contribution in [2.75, 3.05) is 37.6 Å². The van der Waals surface area contributed by atoms with Crippen LogP contribution in [0.5, 0.6) is 0 Å². The second kappa shape index (κ2) is 10.2. The van der Waals surface area contributed by atoms with Gasteiger partial charge in [0.2, 0.25) is 15.9 Å². The Kier molecular flexibility index (Phi) is 7.49. The first-order valence-corrected chi connectivity index (χ1v) is 13.1. The zero-order valence-electron chi connectivity index (χ0n) is 19.8. The SMILES string of the molecule is O=C(c1ccc(N2CCCCC2=O)cc1)N1CCN(S(=O)(=O)c2cc(C(F)(F)F)cc(C(F)(F)F)c2)CC1. The molecule has 206 valence electrons. The number of nitrogens with zero attached hydrogens (tertiary/aromatic N) is 3. The average molecular weight is 564 g/mol. The van der Waals surface area contributed by atoms with Gasteiger partial charge in [0.1, 0.15) is 0 Å². The van der Waals surface area contributed by atoms with Crippen LogP contribution < -0.4 is 4.90 Å². The number of carbonyl (C=O) groups is 2. The first-order chi connectivity index (χ1) is 17.7. The second-order valence-corrected chi connectivity index (χ2v) is 10.9. The molecular formula is C24H23F6N3O4S. The lowest BCUT2D eigenvalue weighted by atomic mass is 10.1. The van der Waals surface area contributed by atoms with E-state index in [1.807, 2.05) is 0 Å². The van der Waals surface area contributed by atoms with Crippen LogP contribution in [0.15, 0.2) is 47.4 Å². The van der Waals surface area contributed by atoms with Crippen LogP contribution in [0.2, 0.25) is 0 Å². The third kappa shape index (κ3) is 5.80. The van der Waals surface area contributed by atoms with Gasteiger partial charge < -0.3 is 9.80 Å². The molecule has 2 heterocycles. The summed E-state index contributed by atoms with van der Waals surface area (Å²) in [5.41, 5.74) is -2.51. The van der Waals surface area contributed by atoms with E-state index in [9.17, 15) is 44.3 Å². The molecule has 14 heteroatoms. The molecule has 38 heavy (non-hydrogen) atoms. The highest BCUT2D eigenvalue weighted by atomic mass is 32.2. The smallest absolute Gasteiger partial charge is 0.336 e. The van der Waals surface area contributed by atoms with Crippen molar-refractivity contribution in [3.8, 4) is 0 Å². The van der Waals surface area contributed by atoms with E-state index in [0.29, 0.717) is 24.2 Å². The number of halogens is 6. The molecule has 4 rings (SSSR count). The molecule has 2 amide bonds. The zero-order chi connectivity index (χ0) is 27.9. The van der Waals surface area contributed by atoms with E-state index >= 15 is 0 Å². The summed E-state index contributed by atoms with van der Waals surface area (Å²) in [5, 5.41) is 0. The van der Waals surface area contributed by atoms with Gasteiger partial charge in [0.05, 0.1) is 16.0 Å². The number of piperidine rings is 1. The van der Waals surface area contributed by atoms with E-state index < -0.39 is 44.3 Å². The number of anilines is 1. The highest BCUT2D eigenvalue weighted by molar-refractivity contribution is 7.89. The number of rotatable bonds is 4. The van der Waals surface area contributed by atoms with Gasteiger partial charge in [0, 0.05) is 50.4 Å². The van der Waals surface area contributed by atoms with Crippen LogP contribution in [-0.4, -0.2) is 62.2 Å². The van der Waals surface area contributed by atoms with E-state index in [1.54, 1.807) is 29.2 Å². The lowest BCUT2D eigenvalue weighted by molar-refractivity contribution is -0.143. The van der Waals surface area contributed by atoms with Gasteiger partial charge in [-0.25, -0.2) is 8.42 Å². The number of hydrogen-bond donors (Lipinski definition) is 0. The zero-order valence-corrected chi connectivity index (χ0v) is 20.7. The summed E-state index contributed by atoms with van der Waals surface area (Å²) in [4.78, 5) is 26.9. The Bertz CT molecular complexity index is 1290. The number of sulfonamides is 1. The highest BCUT2D eigenvalue weighted by Gasteiger charge is 2.40. The van der Waals surface area contributed by atoms with Gasteiger partial charge in [0.25, 0.3) is 5.91 Å². The van der Waals surface area contributed by atoms with Gasteiger partial charge in [-0.05, 0) is 55.3 Å². The van der Waals surface area contributed by atoms with Crippen LogP contribution in [0.4, 0.5) is 32.0 Å². The first-order valence-electron chi connectivity index (χ1n) is 11.7. The number of hydrogen-bond acceptors (Lipinski definition) is 4. The molecule has 0 saturated carbocycles. The van der Waals surface area contributed by atoms with E-state index in [-0.39, 0.29) is 50.3 Å². The Hall–Kier alpha value is -3.13. The molecule has 2 aromatic carbocycles. The highest BCUT2D eigenvalue weighted by Crippen LogP contribution is 2.38. The van der Waals surface area contributed by atoms with Crippen LogP contribution >= 0.6 is 0 Å². The summed E-state index contributed by atoms with van der Waals surface area (Å²) in [6.07, 6.45) is -8.23. The predicted octanol–water partition coefficient (Wildman–Crippen LogP) is 4.39. The molecule has 0 radical (unpaired) electrons. The van der Waals surface area contributed by atoms with Crippen molar-refractivity contribution in [2.45, 2.75) is 36.5 Å². The van der Waals surface area contributed by atoms with E-state index in [2.05, 4.69) is 0 Å².